The maximum absolute atomic E-state index is 12.8. The van der Waals surface area contributed by atoms with E-state index in [-0.39, 0.29) is 11.2 Å². The number of carbonyl (C=O) groups excluding carboxylic acids is 1. The third-order valence-electron chi connectivity index (χ3n) is 4.34. The van der Waals surface area contributed by atoms with Gasteiger partial charge in [-0.2, -0.15) is 0 Å². The van der Waals surface area contributed by atoms with E-state index >= 15 is 0 Å². The molecule has 0 N–H and O–H groups in total. The minimum absolute atomic E-state index is 0.151. The van der Waals surface area contributed by atoms with E-state index in [0.717, 1.165) is 23.1 Å². The molecular formula is C18H23N3OS3. The molecule has 1 saturated heterocycles. The molecule has 2 heterocycles. The third-order valence-corrected chi connectivity index (χ3v) is 6.74. The van der Waals surface area contributed by atoms with Crippen LogP contribution in [-0.4, -0.2) is 38.9 Å². The maximum atomic E-state index is 12.8. The number of amides is 1. The highest BCUT2D eigenvalue weighted by Gasteiger charge is 2.29. The Morgan fingerprint density at radius 1 is 1.28 bits per heavy atom. The number of thioether (sulfide) groups is 1. The van der Waals surface area contributed by atoms with Gasteiger partial charge in [0.2, 0.25) is 5.91 Å². The Balaban J connectivity index is 1.70. The molecule has 0 bridgehead atoms. The van der Waals surface area contributed by atoms with Crippen molar-refractivity contribution in [1.29, 1.82) is 0 Å². The molecule has 1 amide bonds. The van der Waals surface area contributed by atoms with Crippen LogP contribution in [0.15, 0.2) is 34.7 Å². The Bertz CT molecular complexity index is 776. The summed E-state index contributed by atoms with van der Waals surface area (Å²) in [6.07, 6.45) is 1.20. The number of hydrogen-bond donors (Lipinski definition) is 0. The van der Waals surface area contributed by atoms with Crippen LogP contribution in [0.5, 0.6) is 0 Å². The van der Waals surface area contributed by atoms with Gasteiger partial charge >= 0.3 is 0 Å². The number of carbonyl (C=O) groups is 1. The summed E-state index contributed by atoms with van der Waals surface area (Å²) in [5.41, 5.74) is 0.952. The Kier molecular flexibility index (Phi) is 5.96. The molecule has 3 rings (SSSR count). The second kappa shape index (κ2) is 8.01. The normalized spacial score (nSPS) is 22.0. The zero-order valence-electron chi connectivity index (χ0n) is 14.7. The Morgan fingerprint density at radius 2 is 1.92 bits per heavy atom. The van der Waals surface area contributed by atoms with Crippen LogP contribution < -0.4 is 0 Å². The van der Waals surface area contributed by atoms with Crippen molar-refractivity contribution in [2.75, 3.05) is 13.1 Å². The van der Waals surface area contributed by atoms with Crippen LogP contribution in [0, 0.1) is 15.8 Å². The van der Waals surface area contributed by atoms with Crippen molar-refractivity contribution in [3.63, 3.8) is 0 Å². The summed E-state index contributed by atoms with van der Waals surface area (Å²) in [7, 11) is 0. The average molecular weight is 394 g/mol. The van der Waals surface area contributed by atoms with Crippen LogP contribution >= 0.6 is 35.3 Å². The molecule has 1 fully saturated rings. The molecule has 134 valence electrons. The molecule has 0 unspecified atom stereocenters. The molecule has 0 aliphatic carbocycles. The van der Waals surface area contributed by atoms with Gasteiger partial charge in [-0.1, -0.05) is 55.1 Å². The molecule has 1 aromatic carbocycles. The highest BCUT2D eigenvalue weighted by molar-refractivity contribution is 8.02. The lowest BCUT2D eigenvalue weighted by Gasteiger charge is -2.36. The minimum Gasteiger partial charge on any atom is -0.341 e. The lowest BCUT2D eigenvalue weighted by Crippen LogP contribution is -2.45. The smallest absolute Gasteiger partial charge is 0.235 e. The van der Waals surface area contributed by atoms with Crippen molar-refractivity contribution in [3.8, 4) is 5.69 Å². The Labute approximate surface area is 162 Å². The quantitative estimate of drug-likeness (QED) is 0.560. The molecule has 7 heteroatoms. The topological polar surface area (TPSA) is 38.1 Å². The van der Waals surface area contributed by atoms with E-state index in [2.05, 4.69) is 18.9 Å². The first-order valence-corrected chi connectivity index (χ1v) is 10.7. The van der Waals surface area contributed by atoms with E-state index in [0.29, 0.717) is 15.8 Å². The zero-order chi connectivity index (χ0) is 18.0. The van der Waals surface area contributed by atoms with Gasteiger partial charge in [0, 0.05) is 13.1 Å². The number of nitrogens with zero attached hydrogens (tertiary/aromatic N) is 3. The first-order valence-electron chi connectivity index (χ1n) is 8.55. The van der Waals surface area contributed by atoms with Gasteiger partial charge in [0.15, 0.2) is 8.29 Å². The molecule has 0 spiro atoms. The van der Waals surface area contributed by atoms with Gasteiger partial charge in [-0.05, 0) is 49.5 Å². The average Bonchev–Trinajstić information content (AvgIpc) is 2.94. The van der Waals surface area contributed by atoms with Gasteiger partial charge in [-0.3, -0.25) is 4.79 Å². The van der Waals surface area contributed by atoms with E-state index in [9.17, 15) is 4.79 Å². The van der Waals surface area contributed by atoms with Gasteiger partial charge in [-0.15, -0.1) is 5.10 Å². The van der Waals surface area contributed by atoms with Crippen molar-refractivity contribution >= 4 is 41.2 Å². The summed E-state index contributed by atoms with van der Waals surface area (Å²) in [5.74, 6) is 1.35. The van der Waals surface area contributed by atoms with Crippen LogP contribution in [0.25, 0.3) is 5.69 Å². The fourth-order valence-corrected chi connectivity index (χ4v) is 5.93. The van der Waals surface area contributed by atoms with Crippen LogP contribution in [-0.2, 0) is 4.79 Å². The van der Waals surface area contributed by atoms with E-state index in [4.69, 9.17) is 12.2 Å². The predicted octanol–water partition coefficient (Wildman–Crippen LogP) is 4.65. The number of hydrogen-bond acceptors (Lipinski definition) is 5. The van der Waals surface area contributed by atoms with Crippen LogP contribution in [0.1, 0.15) is 27.2 Å². The van der Waals surface area contributed by atoms with Crippen molar-refractivity contribution in [2.24, 2.45) is 11.8 Å². The van der Waals surface area contributed by atoms with Gasteiger partial charge in [0.25, 0.3) is 0 Å². The molecule has 3 atom stereocenters. The highest BCUT2D eigenvalue weighted by atomic mass is 32.2. The van der Waals surface area contributed by atoms with Crippen molar-refractivity contribution in [2.45, 2.75) is 36.8 Å². The summed E-state index contributed by atoms with van der Waals surface area (Å²) < 4.78 is 3.31. The Morgan fingerprint density at radius 3 is 2.56 bits per heavy atom. The summed E-state index contributed by atoms with van der Waals surface area (Å²) in [5, 5.41) is 4.45. The molecule has 4 nitrogen and oxygen atoms in total. The van der Waals surface area contributed by atoms with E-state index in [1.165, 1.54) is 29.5 Å². The number of piperidine rings is 1. The molecule has 0 saturated carbocycles. The van der Waals surface area contributed by atoms with Crippen LogP contribution in [0.2, 0.25) is 0 Å². The van der Waals surface area contributed by atoms with Crippen LogP contribution in [0.3, 0.4) is 0 Å². The Hall–Kier alpha value is -1.18. The van der Waals surface area contributed by atoms with Crippen molar-refractivity contribution in [1.82, 2.24) is 14.7 Å². The van der Waals surface area contributed by atoms with Crippen molar-refractivity contribution < 1.29 is 4.79 Å². The van der Waals surface area contributed by atoms with Gasteiger partial charge in [0.1, 0.15) is 0 Å². The molecule has 25 heavy (non-hydrogen) atoms. The number of aromatic nitrogens is 2. The van der Waals surface area contributed by atoms with E-state index in [1.807, 2.05) is 42.2 Å². The lowest BCUT2D eigenvalue weighted by atomic mass is 9.92. The summed E-state index contributed by atoms with van der Waals surface area (Å²) in [6.45, 7) is 8.14. The standard InChI is InChI=1S/C18H23N3OS3/c1-12-9-13(2)11-20(10-12)16(22)14(3)24-17-19-21(18(23)25-17)15-7-5-4-6-8-15/h4-8,12-14H,9-11H2,1-3H3/t12-,13-,14+/m0/s1. The number of rotatable bonds is 4. The fourth-order valence-electron chi connectivity index (χ4n) is 3.34. The van der Waals surface area contributed by atoms with Gasteiger partial charge in [0.05, 0.1) is 10.9 Å². The molecule has 1 aliphatic rings. The summed E-state index contributed by atoms with van der Waals surface area (Å²) >= 11 is 8.41. The number of benzene rings is 1. The van der Waals surface area contributed by atoms with Gasteiger partial charge < -0.3 is 4.90 Å². The third kappa shape index (κ3) is 4.51. The fraction of sp³-hybridized carbons (Fsp3) is 0.500. The summed E-state index contributed by atoms with van der Waals surface area (Å²) in [6, 6.07) is 9.86. The second-order valence-electron chi connectivity index (χ2n) is 6.83. The van der Waals surface area contributed by atoms with Crippen LogP contribution in [0.4, 0.5) is 0 Å². The zero-order valence-corrected chi connectivity index (χ0v) is 17.2. The first kappa shape index (κ1) is 18.6. The van der Waals surface area contributed by atoms with E-state index in [1.54, 1.807) is 4.68 Å². The monoisotopic (exact) mass is 393 g/mol. The van der Waals surface area contributed by atoms with Crippen molar-refractivity contribution in [3.05, 3.63) is 34.3 Å². The second-order valence-corrected chi connectivity index (χ2v) is 10.0. The maximum Gasteiger partial charge on any atom is 0.235 e. The molecule has 1 aromatic heterocycles. The highest BCUT2D eigenvalue weighted by Crippen LogP contribution is 2.30. The minimum atomic E-state index is -0.151. The summed E-state index contributed by atoms with van der Waals surface area (Å²) in [4.78, 5) is 14.8. The molecule has 2 aromatic rings. The molecular weight excluding hydrogens is 370 g/mol. The van der Waals surface area contributed by atoms with Gasteiger partial charge in [-0.25, -0.2) is 4.68 Å². The first-order chi connectivity index (χ1) is 11.9. The SMILES string of the molecule is C[C@H]1C[C@H](C)CN(C(=O)[C@@H](C)Sc2nn(-c3ccccc3)c(=S)s2)C1. The largest absolute Gasteiger partial charge is 0.341 e. The predicted molar refractivity (Wildman–Crippen MR) is 107 cm³/mol. The van der Waals surface area contributed by atoms with E-state index < -0.39 is 0 Å². The number of likely N-dealkylation sites (tertiary alicyclic amines) is 1. The number of para-hydroxylation sites is 1. The molecule has 0 radical (unpaired) electrons. The lowest BCUT2D eigenvalue weighted by molar-refractivity contribution is -0.132. The molecule has 1 aliphatic heterocycles.